The van der Waals surface area contributed by atoms with Crippen LogP contribution in [0, 0.1) is 13.8 Å². The largest absolute Gasteiger partial charge is 0.396 e. The van der Waals surface area contributed by atoms with Crippen molar-refractivity contribution in [2.75, 3.05) is 11.1 Å². The molecule has 3 N–H and O–H groups in total. The number of hydrogen-bond acceptors (Lipinski definition) is 4. The predicted octanol–water partition coefficient (Wildman–Crippen LogP) is 1.27. The Bertz CT molecular complexity index is 603. The molecule has 0 unspecified atom stereocenters. The molecule has 2 aromatic rings. The van der Waals surface area contributed by atoms with Gasteiger partial charge in [0.2, 0.25) is 0 Å². The lowest BCUT2D eigenvalue weighted by Crippen LogP contribution is -2.16. The Kier molecular flexibility index (Phi) is 3.01. The van der Waals surface area contributed by atoms with E-state index in [2.05, 4.69) is 15.4 Å². The number of aromatic nitrogens is 3. The Hall–Kier alpha value is -2.37. The van der Waals surface area contributed by atoms with E-state index in [-0.39, 0.29) is 5.91 Å². The topological polar surface area (TPSA) is 85.8 Å². The maximum Gasteiger partial charge on any atom is 0.260 e. The summed E-state index contributed by atoms with van der Waals surface area (Å²) in [5.41, 5.74) is 8.21. The quantitative estimate of drug-likeness (QED) is 0.834. The molecule has 6 nitrogen and oxygen atoms in total. The number of rotatable bonds is 2. The van der Waals surface area contributed by atoms with Crippen molar-refractivity contribution in [3.63, 3.8) is 0 Å². The number of amides is 1. The lowest BCUT2D eigenvalue weighted by Gasteiger charge is -2.06. The standard InChI is InChI=1S/C12H15N5O/c1-7-10(8(2)17(3)16-7)12(18)15-11-9(13)5-4-6-14-11/h4-6H,13H2,1-3H3,(H,14,15,18). The van der Waals surface area contributed by atoms with Gasteiger partial charge in [-0.15, -0.1) is 0 Å². The van der Waals surface area contributed by atoms with Crippen LogP contribution in [-0.4, -0.2) is 20.7 Å². The van der Waals surface area contributed by atoms with Crippen LogP contribution in [0.15, 0.2) is 18.3 Å². The summed E-state index contributed by atoms with van der Waals surface area (Å²) in [4.78, 5) is 16.2. The van der Waals surface area contributed by atoms with Crippen LogP contribution >= 0.6 is 0 Å². The van der Waals surface area contributed by atoms with Gasteiger partial charge in [0.05, 0.1) is 16.9 Å². The summed E-state index contributed by atoms with van der Waals surface area (Å²) in [5.74, 6) is 0.119. The molecule has 0 aliphatic carbocycles. The molecular weight excluding hydrogens is 230 g/mol. The van der Waals surface area contributed by atoms with Gasteiger partial charge >= 0.3 is 0 Å². The van der Waals surface area contributed by atoms with Crippen molar-refractivity contribution >= 4 is 17.4 Å². The third-order valence-corrected chi connectivity index (χ3v) is 2.81. The van der Waals surface area contributed by atoms with Gasteiger partial charge in [0.1, 0.15) is 0 Å². The fourth-order valence-corrected chi connectivity index (χ4v) is 1.79. The second kappa shape index (κ2) is 4.48. The molecule has 18 heavy (non-hydrogen) atoms. The van der Waals surface area contributed by atoms with E-state index >= 15 is 0 Å². The highest BCUT2D eigenvalue weighted by Gasteiger charge is 2.18. The summed E-state index contributed by atoms with van der Waals surface area (Å²) in [5, 5.41) is 6.89. The van der Waals surface area contributed by atoms with Gasteiger partial charge in [-0.3, -0.25) is 9.48 Å². The molecule has 0 saturated heterocycles. The minimum Gasteiger partial charge on any atom is -0.396 e. The van der Waals surface area contributed by atoms with Crippen molar-refractivity contribution in [1.82, 2.24) is 14.8 Å². The summed E-state index contributed by atoms with van der Waals surface area (Å²) in [6.45, 7) is 3.64. The molecule has 6 heteroatoms. The summed E-state index contributed by atoms with van der Waals surface area (Å²) in [7, 11) is 1.80. The summed E-state index contributed by atoms with van der Waals surface area (Å²) in [6.07, 6.45) is 1.58. The molecule has 0 spiro atoms. The number of pyridine rings is 1. The Morgan fingerprint density at radius 3 is 2.72 bits per heavy atom. The van der Waals surface area contributed by atoms with Gasteiger partial charge in [-0.1, -0.05) is 0 Å². The normalized spacial score (nSPS) is 10.4. The van der Waals surface area contributed by atoms with Gasteiger partial charge in [0.25, 0.3) is 5.91 Å². The second-order valence-electron chi connectivity index (χ2n) is 4.06. The van der Waals surface area contributed by atoms with Crippen LogP contribution in [0.3, 0.4) is 0 Å². The van der Waals surface area contributed by atoms with Crippen LogP contribution in [0.2, 0.25) is 0 Å². The number of aryl methyl sites for hydroxylation is 2. The van der Waals surface area contributed by atoms with Crippen molar-refractivity contribution in [2.24, 2.45) is 7.05 Å². The van der Waals surface area contributed by atoms with Gasteiger partial charge in [0, 0.05) is 18.9 Å². The van der Waals surface area contributed by atoms with Crippen LogP contribution in [-0.2, 0) is 7.05 Å². The summed E-state index contributed by atoms with van der Waals surface area (Å²) in [6, 6.07) is 3.40. The van der Waals surface area contributed by atoms with Crippen LogP contribution in [0.1, 0.15) is 21.7 Å². The van der Waals surface area contributed by atoms with E-state index in [4.69, 9.17) is 5.73 Å². The van der Waals surface area contributed by atoms with Crippen molar-refractivity contribution in [2.45, 2.75) is 13.8 Å². The molecule has 0 aliphatic heterocycles. The highest BCUT2D eigenvalue weighted by Crippen LogP contribution is 2.17. The number of nitrogens with one attached hydrogen (secondary N) is 1. The number of carbonyl (C=O) groups excluding carboxylic acids is 1. The summed E-state index contributed by atoms with van der Waals surface area (Å²) < 4.78 is 1.67. The van der Waals surface area contributed by atoms with E-state index in [1.807, 2.05) is 6.92 Å². The lowest BCUT2D eigenvalue weighted by atomic mass is 10.2. The van der Waals surface area contributed by atoms with Gasteiger partial charge < -0.3 is 11.1 Å². The molecule has 2 aromatic heterocycles. The SMILES string of the molecule is Cc1nn(C)c(C)c1C(=O)Nc1ncccc1N. The molecule has 0 bridgehead atoms. The second-order valence-corrected chi connectivity index (χ2v) is 4.06. The minimum absolute atomic E-state index is 0.247. The van der Waals surface area contributed by atoms with Crippen LogP contribution in [0.25, 0.3) is 0 Å². The van der Waals surface area contributed by atoms with Gasteiger partial charge in [-0.2, -0.15) is 5.10 Å². The number of anilines is 2. The first-order chi connectivity index (χ1) is 8.50. The maximum atomic E-state index is 12.2. The van der Waals surface area contributed by atoms with E-state index in [1.54, 1.807) is 37.0 Å². The lowest BCUT2D eigenvalue weighted by molar-refractivity contribution is 0.102. The van der Waals surface area contributed by atoms with Crippen molar-refractivity contribution in [3.05, 3.63) is 35.3 Å². The molecule has 0 radical (unpaired) electrons. The smallest absolute Gasteiger partial charge is 0.260 e. The van der Waals surface area contributed by atoms with Crippen LogP contribution < -0.4 is 11.1 Å². The first-order valence-corrected chi connectivity index (χ1v) is 5.52. The molecule has 2 rings (SSSR count). The zero-order valence-electron chi connectivity index (χ0n) is 10.6. The molecule has 0 aliphatic rings. The molecule has 0 atom stereocenters. The monoisotopic (exact) mass is 245 g/mol. The Morgan fingerprint density at radius 2 is 2.17 bits per heavy atom. The van der Waals surface area contributed by atoms with E-state index in [9.17, 15) is 4.79 Å². The Labute approximate surface area is 105 Å². The summed E-state index contributed by atoms with van der Waals surface area (Å²) >= 11 is 0. The van der Waals surface area contributed by atoms with Crippen LogP contribution in [0.4, 0.5) is 11.5 Å². The van der Waals surface area contributed by atoms with Crippen LogP contribution in [0.5, 0.6) is 0 Å². The fraction of sp³-hybridized carbons (Fsp3) is 0.250. The van der Waals surface area contributed by atoms with Crippen molar-refractivity contribution < 1.29 is 4.79 Å². The molecule has 2 heterocycles. The number of nitrogens with zero attached hydrogens (tertiary/aromatic N) is 3. The molecule has 94 valence electrons. The number of nitrogens with two attached hydrogens (primary N) is 1. The number of carbonyl (C=O) groups is 1. The first kappa shape index (κ1) is 12.1. The predicted molar refractivity (Wildman–Crippen MR) is 69.3 cm³/mol. The number of hydrogen-bond donors (Lipinski definition) is 2. The maximum absolute atomic E-state index is 12.2. The van der Waals surface area contributed by atoms with Crippen molar-refractivity contribution in [1.29, 1.82) is 0 Å². The van der Waals surface area contributed by atoms with Gasteiger partial charge in [-0.25, -0.2) is 4.98 Å². The first-order valence-electron chi connectivity index (χ1n) is 5.52. The zero-order valence-corrected chi connectivity index (χ0v) is 10.6. The average molecular weight is 245 g/mol. The van der Waals surface area contributed by atoms with Gasteiger partial charge in [0.15, 0.2) is 5.82 Å². The molecule has 1 amide bonds. The molecular formula is C12H15N5O. The highest BCUT2D eigenvalue weighted by atomic mass is 16.1. The Balaban J connectivity index is 2.31. The Morgan fingerprint density at radius 1 is 1.44 bits per heavy atom. The zero-order chi connectivity index (χ0) is 13.3. The molecule has 0 aromatic carbocycles. The minimum atomic E-state index is -0.247. The van der Waals surface area contributed by atoms with E-state index in [1.165, 1.54) is 0 Å². The highest BCUT2D eigenvalue weighted by molar-refractivity contribution is 6.06. The molecule has 0 saturated carbocycles. The van der Waals surface area contributed by atoms with E-state index < -0.39 is 0 Å². The number of nitrogen functional groups attached to an aromatic ring is 1. The molecule has 0 fully saturated rings. The van der Waals surface area contributed by atoms with Gasteiger partial charge in [-0.05, 0) is 26.0 Å². The van der Waals surface area contributed by atoms with E-state index in [0.717, 1.165) is 5.69 Å². The average Bonchev–Trinajstić information content (AvgIpc) is 2.56. The van der Waals surface area contributed by atoms with E-state index in [0.29, 0.717) is 22.8 Å². The third-order valence-electron chi connectivity index (χ3n) is 2.81. The van der Waals surface area contributed by atoms with Crippen molar-refractivity contribution in [3.8, 4) is 0 Å². The fourth-order valence-electron chi connectivity index (χ4n) is 1.79. The third kappa shape index (κ3) is 2.04.